The van der Waals surface area contributed by atoms with E-state index in [0.717, 1.165) is 32.8 Å². The van der Waals surface area contributed by atoms with Crippen LogP contribution in [0.2, 0.25) is 0 Å². The first-order chi connectivity index (χ1) is 15.5. The van der Waals surface area contributed by atoms with Crippen LogP contribution >= 0.6 is 0 Å². The van der Waals surface area contributed by atoms with Crippen molar-refractivity contribution >= 4 is 27.5 Å². The van der Waals surface area contributed by atoms with Crippen LogP contribution in [0, 0.1) is 20.8 Å². The lowest BCUT2D eigenvalue weighted by molar-refractivity contribution is -0.140. The molecule has 2 rings (SSSR count). The van der Waals surface area contributed by atoms with Crippen LogP contribution in [-0.4, -0.2) is 50.5 Å². The van der Waals surface area contributed by atoms with Gasteiger partial charge in [-0.25, -0.2) is 8.42 Å². The molecular formula is C25H35N3O4S. The molecule has 0 unspecified atom stereocenters. The third-order valence-electron chi connectivity index (χ3n) is 5.51. The number of hydrogen-bond donors (Lipinski definition) is 1. The number of carbonyl (C=O) groups is 2. The summed E-state index contributed by atoms with van der Waals surface area (Å²) in [6, 6.07) is 12.4. The van der Waals surface area contributed by atoms with Crippen molar-refractivity contribution in [3.05, 3.63) is 64.7 Å². The zero-order valence-corrected chi connectivity index (χ0v) is 21.2. The van der Waals surface area contributed by atoms with Crippen molar-refractivity contribution in [1.29, 1.82) is 0 Å². The van der Waals surface area contributed by atoms with Gasteiger partial charge in [-0.05, 0) is 51.3 Å². The van der Waals surface area contributed by atoms with E-state index in [1.807, 2.05) is 71.0 Å². The monoisotopic (exact) mass is 473 g/mol. The lowest BCUT2D eigenvalue weighted by Gasteiger charge is -2.33. The Hall–Kier alpha value is -2.87. The molecule has 0 aliphatic heterocycles. The quantitative estimate of drug-likeness (QED) is 0.574. The van der Waals surface area contributed by atoms with E-state index in [2.05, 4.69) is 5.32 Å². The Labute approximate surface area is 197 Å². The summed E-state index contributed by atoms with van der Waals surface area (Å²) < 4.78 is 26.5. The molecule has 0 heterocycles. The van der Waals surface area contributed by atoms with Crippen molar-refractivity contribution in [1.82, 2.24) is 10.2 Å². The van der Waals surface area contributed by atoms with Gasteiger partial charge in [-0.15, -0.1) is 0 Å². The summed E-state index contributed by atoms with van der Waals surface area (Å²) in [5, 5.41) is 2.79. The number of carbonyl (C=O) groups excluding carboxylic acids is 2. The molecule has 0 aliphatic carbocycles. The van der Waals surface area contributed by atoms with Gasteiger partial charge in [0, 0.05) is 13.1 Å². The second-order valence-electron chi connectivity index (χ2n) is 8.39. The highest BCUT2D eigenvalue weighted by Crippen LogP contribution is 2.24. The van der Waals surface area contributed by atoms with Crippen molar-refractivity contribution in [2.75, 3.05) is 23.7 Å². The van der Waals surface area contributed by atoms with E-state index in [1.54, 1.807) is 6.07 Å². The molecule has 2 amide bonds. The van der Waals surface area contributed by atoms with Crippen LogP contribution in [0.3, 0.4) is 0 Å². The maximum absolute atomic E-state index is 13.6. The van der Waals surface area contributed by atoms with Crippen LogP contribution in [0.1, 0.15) is 42.5 Å². The van der Waals surface area contributed by atoms with Gasteiger partial charge in [-0.3, -0.25) is 13.9 Å². The molecule has 0 fully saturated rings. The second-order valence-corrected chi connectivity index (χ2v) is 10.3. The standard InChI is InChI=1S/C25H35N3O4S/c1-7-22(25(30)26-8-2)27(16-21-12-9-18(3)10-13-21)24(29)17-28(33(6,31)32)23-14-11-19(4)15-20(23)5/h9-15,22H,7-8,16-17H2,1-6H3,(H,26,30)/t22-/m0/s1. The molecule has 2 aromatic rings. The molecule has 33 heavy (non-hydrogen) atoms. The number of aryl methyl sites for hydroxylation is 3. The minimum Gasteiger partial charge on any atom is -0.355 e. The molecule has 0 saturated carbocycles. The van der Waals surface area contributed by atoms with Crippen LogP contribution in [0.4, 0.5) is 5.69 Å². The predicted octanol–water partition coefficient (Wildman–Crippen LogP) is 3.32. The number of sulfonamides is 1. The maximum Gasteiger partial charge on any atom is 0.244 e. The molecule has 0 bridgehead atoms. The first-order valence-corrected chi connectivity index (χ1v) is 13.0. The van der Waals surface area contributed by atoms with Crippen LogP contribution in [0.15, 0.2) is 42.5 Å². The smallest absolute Gasteiger partial charge is 0.244 e. The van der Waals surface area contributed by atoms with E-state index < -0.39 is 22.0 Å². The number of anilines is 1. The Balaban J connectivity index is 2.45. The summed E-state index contributed by atoms with van der Waals surface area (Å²) in [4.78, 5) is 27.8. The van der Waals surface area contributed by atoms with Crippen LogP contribution in [0.5, 0.6) is 0 Å². The Kier molecular flexibility index (Phi) is 9.05. The molecule has 1 N–H and O–H groups in total. The normalized spacial score (nSPS) is 12.2. The van der Waals surface area contributed by atoms with Gasteiger partial charge in [-0.2, -0.15) is 0 Å². The summed E-state index contributed by atoms with van der Waals surface area (Å²) in [5.74, 6) is -0.683. The third-order valence-corrected chi connectivity index (χ3v) is 6.64. The number of amides is 2. The van der Waals surface area contributed by atoms with E-state index in [1.165, 1.54) is 4.90 Å². The first kappa shape index (κ1) is 26.4. The zero-order chi connectivity index (χ0) is 24.8. The lowest BCUT2D eigenvalue weighted by Crippen LogP contribution is -2.52. The van der Waals surface area contributed by atoms with E-state index >= 15 is 0 Å². The minimum atomic E-state index is -3.74. The van der Waals surface area contributed by atoms with Crippen molar-refractivity contribution in [2.24, 2.45) is 0 Å². The summed E-state index contributed by atoms with van der Waals surface area (Å²) in [6.45, 7) is 9.65. The molecular weight excluding hydrogens is 438 g/mol. The predicted molar refractivity (Wildman–Crippen MR) is 133 cm³/mol. The number of nitrogens with one attached hydrogen (secondary N) is 1. The van der Waals surface area contributed by atoms with Crippen molar-refractivity contribution in [3.63, 3.8) is 0 Å². The van der Waals surface area contributed by atoms with Gasteiger partial charge < -0.3 is 10.2 Å². The summed E-state index contributed by atoms with van der Waals surface area (Å²) in [5.41, 5.74) is 4.17. The topological polar surface area (TPSA) is 86.8 Å². The Morgan fingerprint density at radius 3 is 2.09 bits per heavy atom. The van der Waals surface area contributed by atoms with E-state index in [0.29, 0.717) is 18.7 Å². The fraction of sp³-hybridized carbons (Fsp3) is 0.440. The van der Waals surface area contributed by atoms with E-state index in [4.69, 9.17) is 0 Å². The maximum atomic E-state index is 13.6. The minimum absolute atomic E-state index is 0.208. The largest absolute Gasteiger partial charge is 0.355 e. The van der Waals surface area contributed by atoms with Gasteiger partial charge in [-0.1, -0.05) is 54.4 Å². The van der Waals surface area contributed by atoms with Gasteiger partial charge >= 0.3 is 0 Å². The number of hydrogen-bond acceptors (Lipinski definition) is 4. The third kappa shape index (κ3) is 7.05. The van der Waals surface area contributed by atoms with Crippen molar-refractivity contribution in [2.45, 2.75) is 53.6 Å². The molecule has 2 aromatic carbocycles. The Morgan fingerprint density at radius 2 is 1.58 bits per heavy atom. The number of nitrogens with zero attached hydrogens (tertiary/aromatic N) is 2. The molecule has 0 aliphatic rings. The fourth-order valence-corrected chi connectivity index (χ4v) is 4.69. The molecule has 7 nitrogen and oxygen atoms in total. The molecule has 180 valence electrons. The average molecular weight is 474 g/mol. The highest BCUT2D eigenvalue weighted by Gasteiger charge is 2.31. The van der Waals surface area contributed by atoms with Gasteiger partial charge in [0.2, 0.25) is 21.8 Å². The van der Waals surface area contributed by atoms with Gasteiger partial charge in [0.15, 0.2) is 0 Å². The number of benzene rings is 2. The number of likely N-dealkylation sites (N-methyl/N-ethyl adjacent to an activating group) is 1. The molecule has 0 radical (unpaired) electrons. The molecule has 8 heteroatoms. The van der Waals surface area contributed by atoms with Gasteiger partial charge in [0.05, 0.1) is 11.9 Å². The van der Waals surface area contributed by atoms with E-state index in [-0.39, 0.29) is 19.0 Å². The lowest BCUT2D eigenvalue weighted by atomic mass is 10.1. The Morgan fingerprint density at radius 1 is 0.970 bits per heavy atom. The SMILES string of the molecule is CCNC(=O)[C@H](CC)N(Cc1ccc(C)cc1)C(=O)CN(c1ccc(C)cc1C)S(C)(=O)=O. The Bertz CT molecular complexity index is 1080. The summed E-state index contributed by atoms with van der Waals surface area (Å²) in [6.07, 6.45) is 1.50. The average Bonchev–Trinajstić information content (AvgIpc) is 2.73. The molecule has 0 spiro atoms. The molecule has 0 aromatic heterocycles. The van der Waals surface area contributed by atoms with Gasteiger partial charge in [0.25, 0.3) is 0 Å². The first-order valence-electron chi connectivity index (χ1n) is 11.2. The van der Waals surface area contributed by atoms with Crippen LogP contribution in [0.25, 0.3) is 0 Å². The summed E-state index contributed by atoms with van der Waals surface area (Å²) in [7, 11) is -3.74. The molecule has 1 atom stereocenters. The van der Waals surface area contributed by atoms with E-state index in [9.17, 15) is 18.0 Å². The fourth-order valence-electron chi connectivity index (χ4n) is 3.78. The number of rotatable bonds is 10. The molecule has 0 saturated heterocycles. The van der Waals surface area contributed by atoms with Gasteiger partial charge in [0.1, 0.15) is 12.6 Å². The second kappa shape index (κ2) is 11.3. The highest BCUT2D eigenvalue weighted by molar-refractivity contribution is 7.92. The van der Waals surface area contributed by atoms with Crippen LogP contribution in [-0.2, 0) is 26.2 Å². The van der Waals surface area contributed by atoms with Crippen molar-refractivity contribution < 1.29 is 18.0 Å². The van der Waals surface area contributed by atoms with Crippen molar-refractivity contribution in [3.8, 4) is 0 Å². The summed E-state index contributed by atoms with van der Waals surface area (Å²) >= 11 is 0. The highest BCUT2D eigenvalue weighted by atomic mass is 32.2. The van der Waals surface area contributed by atoms with Crippen LogP contribution < -0.4 is 9.62 Å². The zero-order valence-electron chi connectivity index (χ0n) is 20.4.